The maximum Gasteiger partial charge on any atom is 2.00 e. The number of pyridine rings is 2. The molecule has 246 valence electrons. The summed E-state index contributed by atoms with van der Waals surface area (Å²) in [5.41, 5.74) is 11.7. The van der Waals surface area contributed by atoms with E-state index >= 15 is 0 Å². The van der Waals surface area contributed by atoms with Crippen LogP contribution in [0.4, 0.5) is 0 Å². The zero-order valence-electron chi connectivity index (χ0n) is 28.1. The molecule has 0 radical (unpaired) electrons. The third-order valence-electron chi connectivity index (χ3n) is 9.83. The van der Waals surface area contributed by atoms with E-state index in [0.717, 1.165) is 71.6 Å². The number of fused-ring (bicyclic) bond motifs is 12. The molecule has 0 aliphatic heterocycles. The van der Waals surface area contributed by atoms with E-state index in [0.29, 0.717) is 11.5 Å². The predicted octanol–water partition coefficient (Wildman–Crippen LogP) is 11.2. The minimum atomic E-state index is 0. The number of imidazole rings is 2. The molecule has 0 amide bonds. The summed E-state index contributed by atoms with van der Waals surface area (Å²) in [4.78, 5) is 10.4. The Morgan fingerprint density at radius 1 is 0.529 bits per heavy atom. The normalized spacial score (nSPS) is 11.7. The van der Waals surface area contributed by atoms with Gasteiger partial charge in [-0.1, -0.05) is 130 Å². The molecule has 4 aromatic heterocycles. The molecule has 4 heterocycles. The van der Waals surface area contributed by atoms with Crippen molar-refractivity contribution in [2.24, 2.45) is 0 Å². The molecule has 0 saturated heterocycles. The molecule has 0 saturated carbocycles. The fraction of sp³-hybridized carbons (Fsp3) is 0.0667. The summed E-state index contributed by atoms with van der Waals surface area (Å²) in [5.74, 6) is 1.20. The van der Waals surface area contributed by atoms with Crippen molar-refractivity contribution in [3.63, 3.8) is 0 Å². The monoisotopic (exact) mass is 837 g/mol. The summed E-state index contributed by atoms with van der Waals surface area (Å²) in [6, 6.07) is 47.0. The molecule has 5 nitrogen and oxygen atoms in total. The van der Waals surface area contributed by atoms with E-state index in [9.17, 15) is 0 Å². The van der Waals surface area contributed by atoms with Crippen molar-refractivity contribution < 1.29 is 25.8 Å². The van der Waals surface area contributed by atoms with Gasteiger partial charge in [-0.15, -0.1) is 12.1 Å². The van der Waals surface area contributed by atoms with Gasteiger partial charge in [0.05, 0.1) is 22.7 Å². The zero-order chi connectivity index (χ0) is 33.5. The molecule has 6 heteroatoms. The van der Waals surface area contributed by atoms with E-state index < -0.39 is 0 Å². The van der Waals surface area contributed by atoms with Gasteiger partial charge in [-0.25, -0.2) is 0 Å². The van der Waals surface area contributed by atoms with Crippen LogP contribution in [0.5, 0.6) is 11.5 Å². The van der Waals surface area contributed by atoms with Crippen LogP contribution in [0.15, 0.2) is 128 Å². The second kappa shape index (κ2) is 11.9. The Morgan fingerprint density at radius 3 is 1.59 bits per heavy atom. The van der Waals surface area contributed by atoms with E-state index in [4.69, 9.17) is 14.7 Å². The first-order valence-corrected chi connectivity index (χ1v) is 16.8. The van der Waals surface area contributed by atoms with E-state index in [2.05, 4.69) is 139 Å². The van der Waals surface area contributed by atoms with E-state index in [1.807, 2.05) is 30.3 Å². The molecular formula is C45H30N4OPt. The summed E-state index contributed by atoms with van der Waals surface area (Å²) in [6.07, 6.45) is 4.27. The summed E-state index contributed by atoms with van der Waals surface area (Å²) >= 11 is 0. The van der Waals surface area contributed by atoms with Gasteiger partial charge in [-0.2, -0.15) is 0 Å². The van der Waals surface area contributed by atoms with Crippen LogP contribution >= 0.6 is 0 Å². The quantitative estimate of drug-likeness (QED) is 0.131. The van der Waals surface area contributed by atoms with Crippen molar-refractivity contribution in [2.75, 3.05) is 0 Å². The molecule has 0 aliphatic carbocycles. The maximum atomic E-state index is 6.57. The van der Waals surface area contributed by atoms with Crippen LogP contribution in [0.2, 0.25) is 0 Å². The van der Waals surface area contributed by atoms with Gasteiger partial charge in [0.15, 0.2) is 0 Å². The molecule has 0 spiro atoms. The number of nitrogens with zero attached hydrogens (tertiary/aromatic N) is 4. The largest absolute Gasteiger partial charge is 2.00 e. The SMILES string of the molecule is Cc1cc(C)c(-c2cn3c4ccccc4c4ccc(Oc5[c-]c6c(cc5)c5ccccc5n5cc(-c7ccccc7)nc65)[c-]c4c3n2)c(C)c1.[Pt+2]. The fourth-order valence-electron chi connectivity index (χ4n) is 7.74. The Kier molecular flexibility index (Phi) is 7.31. The predicted molar refractivity (Wildman–Crippen MR) is 203 cm³/mol. The van der Waals surface area contributed by atoms with Crippen molar-refractivity contribution in [2.45, 2.75) is 20.8 Å². The third kappa shape index (κ3) is 4.95. The molecule has 0 aliphatic rings. The van der Waals surface area contributed by atoms with Gasteiger partial charge in [-0.05, 0) is 54.8 Å². The first-order valence-electron chi connectivity index (χ1n) is 16.8. The molecule has 51 heavy (non-hydrogen) atoms. The standard InChI is InChI=1S/C45H30N4O.Pt/c1-27-21-28(2)43(29(3)22-27)40-26-49-42-16-10-8-14-36(42)34-20-18-32(24-38(34)45(49)47-40)50-31-17-19-33-35-13-7-9-15-41(35)48-25-39(30-11-5-4-6-12-30)46-44(48)37(33)23-31;/h4-22,25-26H,1-3H3;/q-2;+2. The van der Waals surface area contributed by atoms with Crippen molar-refractivity contribution in [1.82, 2.24) is 18.8 Å². The molecule has 0 bridgehead atoms. The molecule has 0 unspecified atom stereocenters. The van der Waals surface area contributed by atoms with Crippen LogP contribution in [0.25, 0.3) is 77.2 Å². The van der Waals surface area contributed by atoms with Gasteiger partial charge in [0, 0.05) is 46.1 Å². The molecule has 10 rings (SSSR count). The average Bonchev–Trinajstić information content (AvgIpc) is 3.78. The van der Waals surface area contributed by atoms with Gasteiger partial charge in [0.1, 0.15) is 0 Å². The summed E-state index contributed by atoms with van der Waals surface area (Å²) < 4.78 is 10.9. The summed E-state index contributed by atoms with van der Waals surface area (Å²) in [6.45, 7) is 6.46. The Balaban J connectivity index is 0.00000348. The van der Waals surface area contributed by atoms with Crippen LogP contribution in [-0.4, -0.2) is 18.8 Å². The number of hydrogen-bond acceptors (Lipinski definition) is 3. The summed E-state index contributed by atoms with van der Waals surface area (Å²) in [5, 5.41) is 6.24. The molecule has 10 aromatic rings. The third-order valence-corrected chi connectivity index (χ3v) is 9.83. The number of hydrogen-bond donors (Lipinski definition) is 0. The minimum Gasteiger partial charge on any atom is -0.497 e. The number of aromatic nitrogens is 4. The average molecular weight is 838 g/mol. The molecule has 0 atom stereocenters. The Morgan fingerprint density at radius 2 is 1.02 bits per heavy atom. The van der Waals surface area contributed by atoms with Crippen molar-refractivity contribution >= 4 is 54.6 Å². The second-order valence-electron chi connectivity index (χ2n) is 13.1. The van der Waals surface area contributed by atoms with Crippen LogP contribution in [0, 0.1) is 32.9 Å². The number of ether oxygens (including phenoxy) is 1. The van der Waals surface area contributed by atoms with Crippen LogP contribution in [0.3, 0.4) is 0 Å². The zero-order valence-corrected chi connectivity index (χ0v) is 30.4. The van der Waals surface area contributed by atoms with Crippen molar-refractivity contribution in [1.29, 1.82) is 0 Å². The number of benzene rings is 6. The van der Waals surface area contributed by atoms with Gasteiger partial charge < -0.3 is 13.5 Å². The van der Waals surface area contributed by atoms with E-state index in [1.54, 1.807) is 0 Å². The molecular weight excluding hydrogens is 808 g/mol. The van der Waals surface area contributed by atoms with E-state index in [-0.39, 0.29) is 21.1 Å². The topological polar surface area (TPSA) is 43.8 Å². The van der Waals surface area contributed by atoms with Gasteiger partial charge in [0.2, 0.25) is 0 Å². The summed E-state index contributed by atoms with van der Waals surface area (Å²) in [7, 11) is 0. The number of para-hydroxylation sites is 2. The molecule has 0 fully saturated rings. The van der Waals surface area contributed by atoms with E-state index in [1.165, 1.54) is 22.3 Å². The fourth-order valence-corrected chi connectivity index (χ4v) is 7.74. The first kappa shape index (κ1) is 31.2. The Bertz CT molecular complexity index is 2970. The Labute approximate surface area is 309 Å². The maximum absolute atomic E-state index is 6.57. The first-order chi connectivity index (χ1) is 24.5. The van der Waals surface area contributed by atoms with Crippen molar-refractivity contribution in [3.05, 3.63) is 156 Å². The van der Waals surface area contributed by atoms with Gasteiger partial charge >= 0.3 is 21.1 Å². The number of aryl methyl sites for hydroxylation is 3. The Hall–Kier alpha value is -5.77. The van der Waals surface area contributed by atoms with Crippen LogP contribution in [0.1, 0.15) is 16.7 Å². The minimum absolute atomic E-state index is 0. The molecule has 0 N–H and O–H groups in total. The smallest absolute Gasteiger partial charge is 0.497 e. The molecule has 6 aromatic carbocycles. The second-order valence-corrected chi connectivity index (χ2v) is 13.1. The number of rotatable bonds is 4. The van der Waals surface area contributed by atoms with Crippen molar-refractivity contribution in [3.8, 4) is 34.0 Å². The van der Waals surface area contributed by atoms with Crippen LogP contribution < -0.4 is 4.74 Å². The van der Waals surface area contributed by atoms with Gasteiger partial charge in [0.25, 0.3) is 0 Å². The van der Waals surface area contributed by atoms with Crippen LogP contribution in [-0.2, 0) is 21.1 Å². The van der Waals surface area contributed by atoms with Gasteiger partial charge in [-0.3, -0.25) is 9.97 Å².